The number of hydrogen-bond acceptors (Lipinski definition) is 6. The van der Waals surface area contributed by atoms with Crippen LogP contribution < -0.4 is 15.4 Å². The maximum absolute atomic E-state index is 14.5. The van der Waals surface area contributed by atoms with Crippen LogP contribution in [-0.4, -0.2) is 46.2 Å². The average molecular weight is 639 g/mol. The standard InChI is InChI=1S/C34H34F4N4O4/c1-21-12-28(40-20-33(44,34(36,37)38)19-32(2,3)27-15-24(35)8-9-30(27)45-4)26-17-41-42(29(26)13-21)25-7-5-6-23(14-25)31(43)39-16-22-10-11-46-18-22/h5-15,17-18,40,44H,16,19-20H2,1-4H3,(H,39,43). The van der Waals surface area contributed by atoms with Crippen LogP contribution in [0.15, 0.2) is 83.8 Å². The second-order valence-electron chi connectivity index (χ2n) is 12.0. The van der Waals surface area contributed by atoms with Gasteiger partial charge in [0, 0.05) is 34.3 Å². The number of amides is 1. The summed E-state index contributed by atoms with van der Waals surface area (Å²) >= 11 is 0. The molecule has 12 heteroatoms. The van der Waals surface area contributed by atoms with E-state index >= 15 is 0 Å². The summed E-state index contributed by atoms with van der Waals surface area (Å²) in [6.07, 6.45) is -1.23. The number of nitrogens with zero attached hydrogens (tertiary/aromatic N) is 2. The van der Waals surface area contributed by atoms with Crippen molar-refractivity contribution < 1.29 is 36.6 Å². The molecule has 2 aromatic heterocycles. The van der Waals surface area contributed by atoms with Gasteiger partial charge in [-0.3, -0.25) is 4.79 Å². The van der Waals surface area contributed by atoms with Crippen molar-refractivity contribution in [2.45, 2.75) is 50.9 Å². The summed E-state index contributed by atoms with van der Waals surface area (Å²) in [6.45, 7) is 4.20. The number of furan rings is 1. The summed E-state index contributed by atoms with van der Waals surface area (Å²) in [4.78, 5) is 12.8. The van der Waals surface area contributed by atoms with E-state index in [-0.39, 0.29) is 23.8 Å². The summed E-state index contributed by atoms with van der Waals surface area (Å²) in [5.41, 5.74) is -0.908. The van der Waals surface area contributed by atoms with E-state index < -0.39 is 36.0 Å². The van der Waals surface area contributed by atoms with E-state index in [0.717, 1.165) is 23.3 Å². The van der Waals surface area contributed by atoms with Crippen molar-refractivity contribution in [3.05, 3.63) is 107 Å². The van der Waals surface area contributed by atoms with Gasteiger partial charge in [0.15, 0.2) is 5.60 Å². The van der Waals surface area contributed by atoms with Gasteiger partial charge in [-0.05, 0) is 78.9 Å². The van der Waals surface area contributed by atoms with Crippen molar-refractivity contribution in [1.29, 1.82) is 0 Å². The largest absolute Gasteiger partial charge is 0.496 e. The molecule has 0 radical (unpaired) electrons. The predicted octanol–water partition coefficient (Wildman–Crippen LogP) is 7.08. The number of aryl methyl sites for hydroxylation is 1. The second kappa shape index (κ2) is 12.5. The lowest BCUT2D eigenvalue weighted by atomic mass is 9.74. The molecule has 0 aliphatic rings. The Balaban J connectivity index is 1.42. The van der Waals surface area contributed by atoms with Crippen LogP contribution >= 0.6 is 0 Å². The number of hydrogen-bond donors (Lipinski definition) is 3. The van der Waals surface area contributed by atoms with Crippen LogP contribution in [0.4, 0.5) is 23.2 Å². The maximum atomic E-state index is 14.5. The normalized spacial score (nSPS) is 13.4. The molecule has 242 valence electrons. The van der Waals surface area contributed by atoms with Crippen LogP contribution in [0.2, 0.25) is 0 Å². The molecular weight excluding hydrogens is 604 g/mol. The van der Waals surface area contributed by atoms with Crippen LogP contribution in [0, 0.1) is 12.7 Å². The molecule has 1 amide bonds. The molecule has 3 N–H and O–H groups in total. The highest BCUT2D eigenvalue weighted by atomic mass is 19.4. The second-order valence-corrected chi connectivity index (χ2v) is 12.0. The number of ether oxygens (including phenoxy) is 1. The Morgan fingerprint density at radius 3 is 2.57 bits per heavy atom. The highest BCUT2D eigenvalue weighted by Gasteiger charge is 2.56. The number of aromatic nitrogens is 2. The minimum absolute atomic E-state index is 0.203. The average Bonchev–Trinajstić information content (AvgIpc) is 3.68. The number of benzene rings is 3. The van der Waals surface area contributed by atoms with Crippen LogP contribution in [0.1, 0.15) is 47.3 Å². The van der Waals surface area contributed by atoms with Crippen LogP contribution in [0.3, 0.4) is 0 Å². The van der Waals surface area contributed by atoms with Gasteiger partial charge < -0.3 is 24.9 Å². The summed E-state index contributed by atoms with van der Waals surface area (Å²) < 4.78 is 69.6. The van der Waals surface area contributed by atoms with E-state index in [9.17, 15) is 27.5 Å². The molecule has 1 atom stereocenters. The predicted molar refractivity (Wildman–Crippen MR) is 166 cm³/mol. The first kappa shape index (κ1) is 32.6. The summed E-state index contributed by atoms with van der Waals surface area (Å²) in [5.74, 6) is -0.711. The summed E-state index contributed by atoms with van der Waals surface area (Å²) in [6, 6.07) is 15.7. The number of aliphatic hydroxyl groups is 1. The molecule has 0 bridgehead atoms. The van der Waals surface area contributed by atoms with Gasteiger partial charge in [0.25, 0.3) is 5.91 Å². The molecule has 2 heterocycles. The number of rotatable bonds is 11. The topological polar surface area (TPSA) is 102 Å². The quantitative estimate of drug-likeness (QED) is 0.134. The number of alkyl halides is 3. The molecule has 8 nitrogen and oxygen atoms in total. The molecule has 1 unspecified atom stereocenters. The zero-order valence-electron chi connectivity index (χ0n) is 25.7. The van der Waals surface area contributed by atoms with E-state index in [1.165, 1.54) is 39.5 Å². The lowest BCUT2D eigenvalue weighted by Crippen LogP contribution is -2.53. The van der Waals surface area contributed by atoms with Crippen molar-refractivity contribution in [1.82, 2.24) is 15.1 Å². The third-order valence-corrected chi connectivity index (χ3v) is 7.94. The van der Waals surface area contributed by atoms with Crippen molar-refractivity contribution >= 4 is 22.5 Å². The molecule has 0 saturated heterocycles. The first-order chi connectivity index (χ1) is 21.7. The van der Waals surface area contributed by atoms with E-state index in [4.69, 9.17) is 9.15 Å². The molecule has 46 heavy (non-hydrogen) atoms. The Kier molecular flexibility index (Phi) is 8.85. The van der Waals surface area contributed by atoms with E-state index in [1.807, 2.05) is 6.07 Å². The third-order valence-electron chi connectivity index (χ3n) is 7.94. The molecule has 3 aromatic carbocycles. The van der Waals surface area contributed by atoms with Gasteiger partial charge >= 0.3 is 6.18 Å². The fourth-order valence-corrected chi connectivity index (χ4v) is 5.62. The maximum Gasteiger partial charge on any atom is 0.418 e. The highest BCUT2D eigenvalue weighted by molar-refractivity contribution is 5.96. The molecular formula is C34H34F4N4O4. The van der Waals surface area contributed by atoms with Gasteiger partial charge in [-0.1, -0.05) is 19.9 Å². The minimum atomic E-state index is -5.02. The Labute approximate surface area is 263 Å². The van der Waals surface area contributed by atoms with Gasteiger partial charge in [0.05, 0.1) is 43.6 Å². The van der Waals surface area contributed by atoms with Crippen molar-refractivity contribution in [3.8, 4) is 11.4 Å². The number of methoxy groups -OCH3 is 1. The fourth-order valence-electron chi connectivity index (χ4n) is 5.62. The SMILES string of the molecule is COc1ccc(F)cc1C(C)(C)CC(O)(CNc1cc(C)cc2c1cnn2-c1cccc(C(=O)NCc2ccoc2)c1)C(F)(F)F. The summed E-state index contributed by atoms with van der Waals surface area (Å²) in [5, 5.41) is 21.8. The number of anilines is 1. The number of carbonyl (C=O) groups is 1. The molecule has 0 fully saturated rings. The van der Waals surface area contributed by atoms with Crippen molar-refractivity contribution in [2.75, 3.05) is 19.0 Å². The molecule has 5 rings (SSSR count). The third kappa shape index (κ3) is 6.71. The van der Waals surface area contributed by atoms with Crippen LogP contribution in [0.25, 0.3) is 16.6 Å². The fraction of sp³-hybridized carbons (Fsp3) is 0.294. The van der Waals surface area contributed by atoms with Gasteiger partial charge in [-0.25, -0.2) is 9.07 Å². The molecule has 0 aliphatic carbocycles. The van der Waals surface area contributed by atoms with E-state index in [1.54, 1.807) is 54.3 Å². The highest BCUT2D eigenvalue weighted by Crippen LogP contribution is 2.44. The summed E-state index contributed by atoms with van der Waals surface area (Å²) in [7, 11) is 1.35. The number of nitrogens with one attached hydrogen (secondary N) is 2. The molecule has 5 aromatic rings. The van der Waals surface area contributed by atoms with Gasteiger partial charge in [-0.15, -0.1) is 0 Å². The first-order valence-corrected chi connectivity index (χ1v) is 14.5. The Morgan fingerprint density at radius 1 is 1.09 bits per heavy atom. The van der Waals surface area contributed by atoms with E-state index in [2.05, 4.69) is 15.7 Å². The van der Waals surface area contributed by atoms with Gasteiger partial charge in [0.1, 0.15) is 11.6 Å². The smallest absolute Gasteiger partial charge is 0.418 e. The van der Waals surface area contributed by atoms with Crippen LogP contribution in [0.5, 0.6) is 5.75 Å². The zero-order chi connectivity index (χ0) is 33.3. The first-order valence-electron chi connectivity index (χ1n) is 14.5. The van der Waals surface area contributed by atoms with Gasteiger partial charge in [-0.2, -0.15) is 18.3 Å². The number of halogens is 4. The zero-order valence-corrected chi connectivity index (χ0v) is 25.7. The lowest BCUT2D eigenvalue weighted by molar-refractivity contribution is -0.260. The Morgan fingerprint density at radius 2 is 1.87 bits per heavy atom. The molecule has 0 saturated carbocycles. The molecule has 0 spiro atoms. The Bertz CT molecular complexity index is 1850. The van der Waals surface area contributed by atoms with Crippen LogP contribution in [-0.2, 0) is 12.0 Å². The van der Waals surface area contributed by atoms with Gasteiger partial charge in [0.2, 0.25) is 0 Å². The van der Waals surface area contributed by atoms with E-state index in [0.29, 0.717) is 27.8 Å². The van der Waals surface area contributed by atoms with Crippen molar-refractivity contribution in [3.63, 3.8) is 0 Å². The minimum Gasteiger partial charge on any atom is -0.496 e. The number of carbonyl (C=O) groups excluding carboxylic acids is 1. The Hall–Kier alpha value is -4.84. The monoisotopic (exact) mass is 638 g/mol. The molecule has 0 aliphatic heterocycles. The van der Waals surface area contributed by atoms with Crippen molar-refractivity contribution in [2.24, 2.45) is 0 Å². The number of fused-ring (bicyclic) bond motifs is 1. The lowest BCUT2D eigenvalue weighted by Gasteiger charge is -2.38.